The third-order valence-corrected chi connectivity index (χ3v) is 4.44. The van der Waals surface area contributed by atoms with E-state index in [9.17, 15) is 9.59 Å². The number of nitrogens with zero attached hydrogens (tertiary/aromatic N) is 1. The quantitative estimate of drug-likeness (QED) is 0.710. The summed E-state index contributed by atoms with van der Waals surface area (Å²) in [6, 6.07) is 7.44. The van der Waals surface area contributed by atoms with E-state index in [4.69, 9.17) is 4.74 Å². The molecular weight excluding hydrogens is 318 g/mol. The molecule has 6 nitrogen and oxygen atoms in total. The van der Waals surface area contributed by atoms with Crippen LogP contribution in [0.1, 0.15) is 31.2 Å². The minimum Gasteiger partial charge on any atom is -0.381 e. The zero-order valence-corrected chi connectivity index (χ0v) is 15.2. The molecule has 0 saturated carbocycles. The Morgan fingerprint density at radius 2 is 2.00 bits per heavy atom. The summed E-state index contributed by atoms with van der Waals surface area (Å²) in [4.78, 5) is 25.1. The van der Waals surface area contributed by atoms with E-state index in [0.717, 1.165) is 43.7 Å². The van der Waals surface area contributed by atoms with Gasteiger partial charge in [-0.1, -0.05) is 12.1 Å². The Labute approximate surface area is 149 Å². The summed E-state index contributed by atoms with van der Waals surface area (Å²) in [6.45, 7) is 2.41. The van der Waals surface area contributed by atoms with Crippen LogP contribution >= 0.6 is 0 Å². The second-order valence-electron chi connectivity index (χ2n) is 6.74. The Bertz CT molecular complexity index is 552. The van der Waals surface area contributed by atoms with Gasteiger partial charge in [-0.15, -0.1) is 0 Å². The first-order valence-electron chi connectivity index (χ1n) is 8.96. The molecule has 1 heterocycles. The highest BCUT2D eigenvalue weighted by atomic mass is 16.5. The number of ether oxygens (including phenoxy) is 1. The molecular formula is C19H29N3O3. The molecule has 0 spiro atoms. The normalized spacial score (nSPS) is 16.5. The first-order chi connectivity index (χ1) is 12.0. The van der Waals surface area contributed by atoms with Crippen LogP contribution in [0.25, 0.3) is 0 Å². The average Bonchev–Trinajstić information content (AvgIpc) is 3.11. The SMILES string of the molecule is CN(C)C(=O)CCc1ccc(NC(=O)NCCC[C@H]2CCOC2)cc1. The van der Waals surface area contributed by atoms with Gasteiger partial charge in [0.2, 0.25) is 5.91 Å². The van der Waals surface area contributed by atoms with Crippen molar-refractivity contribution in [1.82, 2.24) is 10.2 Å². The lowest BCUT2D eigenvalue weighted by Gasteiger charge is -2.11. The molecule has 0 bridgehead atoms. The van der Waals surface area contributed by atoms with Crippen molar-refractivity contribution in [3.63, 3.8) is 0 Å². The van der Waals surface area contributed by atoms with Crippen LogP contribution in [0.3, 0.4) is 0 Å². The highest BCUT2D eigenvalue weighted by Gasteiger charge is 2.14. The number of benzene rings is 1. The molecule has 3 amide bonds. The van der Waals surface area contributed by atoms with Gasteiger partial charge in [0, 0.05) is 46.0 Å². The highest BCUT2D eigenvalue weighted by molar-refractivity contribution is 5.89. The maximum atomic E-state index is 11.9. The van der Waals surface area contributed by atoms with Crippen molar-refractivity contribution in [2.75, 3.05) is 39.2 Å². The molecule has 1 aromatic carbocycles. The number of amides is 3. The number of anilines is 1. The summed E-state index contributed by atoms with van der Waals surface area (Å²) >= 11 is 0. The molecule has 2 N–H and O–H groups in total. The summed E-state index contributed by atoms with van der Waals surface area (Å²) in [5, 5.41) is 5.71. The van der Waals surface area contributed by atoms with Crippen LogP contribution in [0, 0.1) is 5.92 Å². The molecule has 1 aliphatic heterocycles. The second-order valence-corrected chi connectivity index (χ2v) is 6.74. The molecule has 0 aliphatic carbocycles. The van der Waals surface area contributed by atoms with E-state index in [2.05, 4.69) is 10.6 Å². The molecule has 1 saturated heterocycles. The van der Waals surface area contributed by atoms with Gasteiger partial charge in [0.1, 0.15) is 0 Å². The fraction of sp³-hybridized carbons (Fsp3) is 0.579. The highest BCUT2D eigenvalue weighted by Crippen LogP contribution is 2.17. The van der Waals surface area contributed by atoms with Gasteiger partial charge in [-0.2, -0.15) is 0 Å². The molecule has 0 aromatic heterocycles. The molecule has 138 valence electrons. The number of carbonyl (C=O) groups excluding carboxylic acids is 2. The van der Waals surface area contributed by atoms with E-state index >= 15 is 0 Å². The molecule has 1 aromatic rings. The van der Waals surface area contributed by atoms with Gasteiger partial charge < -0.3 is 20.3 Å². The lowest BCUT2D eigenvalue weighted by atomic mass is 10.0. The van der Waals surface area contributed by atoms with E-state index in [0.29, 0.717) is 25.3 Å². The average molecular weight is 347 g/mol. The van der Waals surface area contributed by atoms with Gasteiger partial charge in [0.25, 0.3) is 0 Å². The Kier molecular flexibility index (Phi) is 7.73. The van der Waals surface area contributed by atoms with Crippen LogP contribution in [0.5, 0.6) is 0 Å². The molecule has 1 aliphatic rings. The van der Waals surface area contributed by atoms with E-state index < -0.39 is 0 Å². The molecule has 25 heavy (non-hydrogen) atoms. The van der Waals surface area contributed by atoms with E-state index in [-0.39, 0.29) is 11.9 Å². The maximum absolute atomic E-state index is 11.9. The third kappa shape index (κ3) is 7.13. The predicted octanol–water partition coefficient (Wildman–Crippen LogP) is 2.65. The predicted molar refractivity (Wildman–Crippen MR) is 98.6 cm³/mol. The lowest BCUT2D eigenvalue weighted by molar-refractivity contribution is -0.128. The number of urea groups is 1. The number of nitrogens with one attached hydrogen (secondary N) is 2. The summed E-state index contributed by atoms with van der Waals surface area (Å²) in [7, 11) is 3.52. The first kappa shape index (κ1) is 19.2. The lowest BCUT2D eigenvalue weighted by Crippen LogP contribution is -2.29. The Morgan fingerprint density at radius 1 is 1.24 bits per heavy atom. The minimum absolute atomic E-state index is 0.116. The van der Waals surface area contributed by atoms with Gasteiger partial charge >= 0.3 is 6.03 Å². The molecule has 0 radical (unpaired) electrons. The number of hydrogen-bond acceptors (Lipinski definition) is 3. The third-order valence-electron chi connectivity index (χ3n) is 4.44. The molecule has 1 atom stereocenters. The van der Waals surface area contributed by atoms with Crippen molar-refractivity contribution < 1.29 is 14.3 Å². The van der Waals surface area contributed by atoms with Crippen LogP contribution < -0.4 is 10.6 Å². The van der Waals surface area contributed by atoms with Crippen LogP contribution in [-0.4, -0.2) is 50.7 Å². The van der Waals surface area contributed by atoms with Gasteiger partial charge in [-0.25, -0.2) is 4.79 Å². The standard InChI is InChI=1S/C19H29N3O3/c1-22(2)18(23)10-7-15-5-8-17(9-6-15)21-19(24)20-12-3-4-16-11-13-25-14-16/h5-6,8-9,16H,3-4,7,10-14H2,1-2H3,(H2,20,21,24)/t16-/m0/s1. The minimum atomic E-state index is -0.182. The number of rotatable bonds is 8. The smallest absolute Gasteiger partial charge is 0.319 e. The molecule has 1 fully saturated rings. The van der Waals surface area contributed by atoms with Crippen LogP contribution in [0.4, 0.5) is 10.5 Å². The molecule has 0 unspecified atom stereocenters. The summed E-state index contributed by atoms with van der Waals surface area (Å²) in [6.07, 6.45) is 4.40. The van der Waals surface area contributed by atoms with Crippen molar-refractivity contribution in [3.8, 4) is 0 Å². The number of hydrogen-bond donors (Lipinski definition) is 2. The van der Waals surface area contributed by atoms with Crippen molar-refractivity contribution >= 4 is 17.6 Å². The maximum Gasteiger partial charge on any atom is 0.319 e. The number of carbonyl (C=O) groups is 2. The topological polar surface area (TPSA) is 70.7 Å². The van der Waals surface area contributed by atoms with Crippen molar-refractivity contribution in [3.05, 3.63) is 29.8 Å². The fourth-order valence-corrected chi connectivity index (χ4v) is 2.81. The Morgan fingerprint density at radius 3 is 2.64 bits per heavy atom. The summed E-state index contributed by atoms with van der Waals surface area (Å²) in [5.74, 6) is 0.766. The Balaban J connectivity index is 1.64. The second kappa shape index (κ2) is 10.0. The van der Waals surface area contributed by atoms with E-state index in [1.165, 1.54) is 0 Å². The van der Waals surface area contributed by atoms with Gasteiger partial charge in [0.15, 0.2) is 0 Å². The molecule has 2 rings (SSSR count). The summed E-state index contributed by atoms with van der Waals surface area (Å²) in [5.41, 5.74) is 1.84. The monoisotopic (exact) mass is 347 g/mol. The van der Waals surface area contributed by atoms with Crippen LogP contribution in [0.15, 0.2) is 24.3 Å². The number of aryl methyl sites for hydroxylation is 1. The first-order valence-corrected chi connectivity index (χ1v) is 8.96. The molecule has 6 heteroatoms. The van der Waals surface area contributed by atoms with Crippen molar-refractivity contribution in [2.24, 2.45) is 5.92 Å². The van der Waals surface area contributed by atoms with E-state index in [1.807, 2.05) is 24.3 Å². The van der Waals surface area contributed by atoms with Crippen LogP contribution in [0.2, 0.25) is 0 Å². The zero-order valence-electron chi connectivity index (χ0n) is 15.2. The summed E-state index contributed by atoms with van der Waals surface area (Å²) < 4.78 is 5.35. The Hall–Kier alpha value is -2.08. The zero-order chi connectivity index (χ0) is 18.1. The van der Waals surface area contributed by atoms with Gasteiger partial charge in [-0.05, 0) is 49.3 Å². The van der Waals surface area contributed by atoms with Crippen molar-refractivity contribution in [1.29, 1.82) is 0 Å². The van der Waals surface area contributed by atoms with Gasteiger partial charge in [-0.3, -0.25) is 4.79 Å². The fourth-order valence-electron chi connectivity index (χ4n) is 2.81. The van der Waals surface area contributed by atoms with E-state index in [1.54, 1.807) is 19.0 Å². The van der Waals surface area contributed by atoms with Crippen LogP contribution in [-0.2, 0) is 16.0 Å². The van der Waals surface area contributed by atoms with Crippen molar-refractivity contribution in [2.45, 2.75) is 32.1 Å². The van der Waals surface area contributed by atoms with Gasteiger partial charge in [0.05, 0.1) is 0 Å². The largest absolute Gasteiger partial charge is 0.381 e.